The second-order valence-electron chi connectivity index (χ2n) is 4.44. The van der Waals surface area contributed by atoms with Gasteiger partial charge in [-0.25, -0.2) is 14.8 Å². The predicted molar refractivity (Wildman–Crippen MR) is 73.5 cm³/mol. The molecule has 1 aromatic heterocycles. The lowest BCUT2D eigenvalue weighted by Crippen LogP contribution is -2.08. The summed E-state index contributed by atoms with van der Waals surface area (Å²) in [4.78, 5) is 21.2. The summed E-state index contributed by atoms with van der Waals surface area (Å²) in [6, 6.07) is 7.79. The van der Waals surface area contributed by atoms with Gasteiger partial charge >= 0.3 is 5.97 Å². The van der Waals surface area contributed by atoms with Gasteiger partial charge in [0.15, 0.2) is 5.82 Å². The topological polar surface area (TPSA) is 66.3 Å². The molecule has 1 aromatic carbocycles. The first kappa shape index (κ1) is 13.0. The number of carbonyl (C=O) groups is 1. The van der Waals surface area contributed by atoms with Crippen LogP contribution in [0.2, 0.25) is 0 Å². The van der Waals surface area contributed by atoms with Crippen LogP contribution in [0.1, 0.15) is 16.1 Å². The van der Waals surface area contributed by atoms with E-state index < -0.39 is 5.97 Å². The molecular formula is C14H15N3O2. The molecule has 98 valence electrons. The number of aryl methyl sites for hydroxylation is 1. The molecule has 0 atom stereocenters. The number of carboxylic acids is 1. The fraction of sp³-hybridized carbons (Fsp3) is 0.214. The molecule has 0 aliphatic heterocycles. The Labute approximate surface area is 111 Å². The molecule has 1 heterocycles. The fourth-order valence-corrected chi connectivity index (χ4v) is 1.72. The van der Waals surface area contributed by atoms with Gasteiger partial charge in [-0.2, -0.15) is 0 Å². The quantitative estimate of drug-likeness (QED) is 0.913. The van der Waals surface area contributed by atoms with Gasteiger partial charge in [0.1, 0.15) is 0 Å². The molecule has 19 heavy (non-hydrogen) atoms. The molecule has 0 bridgehead atoms. The van der Waals surface area contributed by atoms with Crippen molar-refractivity contribution < 1.29 is 9.90 Å². The molecule has 1 N–H and O–H groups in total. The number of aromatic carboxylic acids is 1. The van der Waals surface area contributed by atoms with Crippen LogP contribution in [0.4, 0.5) is 5.69 Å². The first-order valence-electron chi connectivity index (χ1n) is 5.83. The highest BCUT2D eigenvalue weighted by atomic mass is 16.4. The van der Waals surface area contributed by atoms with Crippen LogP contribution in [-0.4, -0.2) is 35.1 Å². The largest absolute Gasteiger partial charge is 0.478 e. The number of anilines is 1. The van der Waals surface area contributed by atoms with E-state index in [4.69, 9.17) is 5.11 Å². The Morgan fingerprint density at radius 1 is 1.21 bits per heavy atom. The molecule has 0 aliphatic carbocycles. The molecule has 0 fully saturated rings. The monoisotopic (exact) mass is 257 g/mol. The first-order valence-corrected chi connectivity index (χ1v) is 5.83. The Bertz CT molecular complexity index is 607. The maximum Gasteiger partial charge on any atom is 0.339 e. The van der Waals surface area contributed by atoms with Gasteiger partial charge in [0, 0.05) is 31.5 Å². The Morgan fingerprint density at radius 2 is 1.84 bits per heavy atom. The molecule has 2 aromatic rings. The molecule has 0 radical (unpaired) electrons. The highest BCUT2D eigenvalue weighted by Gasteiger charge is 2.10. The van der Waals surface area contributed by atoms with E-state index in [1.54, 1.807) is 6.92 Å². The van der Waals surface area contributed by atoms with Gasteiger partial charge in [0.05, 0.1) is 11.3 Å². The van der Waals surface area contributed by atoms with E-state index in [0.29, 0.717) is 11.5 Å². The third-order valence-corrected chi connectivity index (χ3v) is 2.85. The van der Waals surface area contributed by atoms with Gasteiger partial charge in [0.2, 0.25) is 0 Å². The highest BCUT2D eigenvalue weighted by molar-refractivity contribution is 5.88. The lowest BCUT2D eigenvalue weighted by molar-refractivity contribution is 0.0695. The van der Waals surface area contributed by atoms with Gasteiger partial charge in [-0.3, -0.25) is 0 Å². The Balaban J connectivity index is 2.37. The number of hydrogen-bond donors (Lipinski definition) is 1. The summed E-state index contributed by atoms with van der Waals surface area (Å²) < 4.78 is 0. The van der Waals surface area contributed by atoms with E-state index >= 15 is 0 Å². The van der Waals surface area contributed by atoms with Crippen molar-refractivity contribution in [2.24, 2.45) is 0 Å². The van der Waals surface area contributed by atoms with Crippen LogP contribution >= 0.6 is 0 Å². The number of nitrogens with zero attached hydrogens (tertiary/aromatic N) is 3. The second-order valence-corrected chi connectivity index (χ2v) is 4.44. The fourth-order valence-electron chi connectivity index (χ4n) is 1.72. The zero-order valence-corrected chi connectivity index (χ0v) is 11.1. The zero-order chi connectivity index (χ0) is 14.0. The van der Waals surface area contributed by atoms with E-state index in [1.807, 2.05) is 43.3 Å². The van der Waals surface area contributed by atoms with Gasteiger partial charge < -0.3 is 10.0 Å². The number of rotatable bonds is 3. The molecule has 0 saturated carbocycles. The Kier molecular flexibility index (Phi) is 3.46. The van der Waals surface area contributed by atoms with Crippen molar-refractivity contribution >= 4 is 11.7 Å². The SMILES string of the molecule is Cc1nc(-c2ccc(N(C)C)cc2)ncc1C(=O)O. The van der Waals surface area contributed by atoms with Gasteiger partial charge in [-0.05, 0) is 31.2 Å². The van der Waals surface area contributed by atoms with Crippen LogP contribution < -0.4 is 4.90 Å². The maximum absolute atomic E-state index is 10.9. The summed E-state index contributed by atoms with van der Waals surface area (Å²) in [5, 5.41) is 8.94. The second kappa shape index (κ2) is 5.06. The summed E-state index contributed by atoms with van der Waals surface area (Å²) in [5.41, 5.74) is 2.55. The maximum atomic E-state index is 10.9. The molecule has 2 rings (SSSR count). The number of hydrogen-bond acceptors (Lipinski definition) is 4. The van der Waals surface area contributed by atoms with Crippen molar-refractivity contribution in [3.8, 4) is 11.4 Å². The van der Waals surface area contributed by atoms with Crippen molar-refractivity contribution in [3.63, 3.8) is 0 Å². The van der Waals surface area contributed by atoms with Crippen LogP contribution in [-0.2, 0) is 0 Å². The summed E-state index contributed by atoms with van der Waals surface area (Å²) >= 11 is 0. The average molecular weight is 257 g/mol. The Hall–Kier alpha value is -2.43. The minimum atomic E-state index is -1.01. The highest BCUT2D eigenvalue weighted by Crippen LogP contribution is 2.20. The molecule has 0 amide bonds. The average Bonchev–Trinajstić information content (AvgIpc) is 2.38. The van der Waals surface area contributed by atoms with Crippen LogP contribution in [0.25, 0.3) is 11.4 Å². The van der Waals surface area contributed by atoms with Crippen molar-refractivity contribution in [1.82, 2.24) is 9.97 Å². The van der Waals surface area contributed by atoms with Gasteiger partial charge in [-0.1, -0.05) is 0 Å². The van der Waals surface area contributed by atoms with Crippen LogP contribution in [0, 0.1) is 6.92 Å². The molecule has 0 unspecified atom stereocenters. The minimum absolute atomic E-state index is 0.133. The molecule has 5 heteroatoms. The zero-order valence-electron chi connectivity index (χ0n) is 11.1. The van der Waals surface area contributed by atoms with E-state index in [9.17, 15) is 4.79 Å². The smallest absolute Gasteiger partial charge is 0.339 e. The van der Waals surface area contributed by atoms with E-state index in [0.717, 1.165) is 11.3 Å². The number of benzene rings is 1. The number of aromatic nitrogens is 2. The Morgan fingerprint density at radius 3 is 2.32 bits per heavy atom. The van der Waals surface area contributed by atoms with Crippen molar-refractivity contribution in [2.75, 3.05) is 19.0 Å². The van der Waals surface area contributed by atoms with E-state index in [2.05, 4.69) is 9.97 Å². The van der Waals surface area contributed by atoms with Crippen molar-refractivity contribution in [3.05, 3.63) is 41.7 Å². The molecule has 5 nitrogen and oxygen atoms in total. The van der Waals surface area contributed by atoms with E-state index in [1.165, 1.54) is 6.20 Å². The standard InChI is InChI=1S/C14H15N3O2/c1-9-12(14(18)19)8-15-13(16-9)10-4-6-11(7-5-10)17(2)3/h4-8H,1-3H3,(H,18,19). The first-order chi connectivity index (χ1) is 8.99. The molecule has 0 spiro atoms. The molecule has 0 aliphatic rings. The van der Waals surface area contributed by atoms with Gasteiger partial charge in [-0.15, -0.1) is 0 Å². The summed E-state index contributed by atoms with van der Waals surface area (Å²) in [6.45, 7) is 1.67. The van der Waals surface area contributed by atoms with E-state index in [-0.39, 0.29) is 5.56 Å². The normalized spacial score (nSPS) is 10.3. The number of carboxylic acid groups (broad SMARTS) is 1. The third-order valence-electron chi connectivity index (χ3n) is 2.85. The van der Waals surface area contributed by atoms with Gasteiger partial charge in [0.25, 0.3) is 0 Å². The molecule has 0 saturated heterocycles. The summed E-state index contributed by atoms with van der Waals surface area (Å²) in [6.07, 6.45) is 1.35. The van der Waals surface area contributed by atoms with Crippen LogP contribution in [0.15, 0.2) is 30.5 Å². The van der Waals surface area contributed by atoms with Crippen molar-refractivity contribution in [1.29, 1.82) is 0 Å². The minimum Gasteiger partial charge on any atom is -0.478 e. The third kappa shape index (κ3) is 2.70. The summed E-state index contributed by atoms with van der Waals surface area (Å²) in [5.74, 6) is -0.472. The lowest BCUT2D eigenvalue weighted by atomic mass is 10.1. The van der Waals surface area contributed by atoms with Crippen molar-refractivity contribution in [2.45, 2.75) is 6.92 Å². The lowest BCUT2D eigenvalue weighted by Gasteiger charge is -2.12. The summed E-state index contributed by atoms with van der Waals surface area (Å²) in [7, 11) is 3.94. The molecular weight excluding hydrogens is 242 g/mol. The van der Waals surface area contributed by atoms with Crippen LogP contribution in [0.5, 0.6) is 0 Å². The van der Waals surface area contributed by atoms with Crippen LogP contribution in [0.3, 0.4) is 0 Å². The predicted octanol–water partition coefficient (Wildman–Crippen LogP) is 2.22.